The van der Waals surface area contributed by atoms with Crippen molar-refractivity contribution in [1.82, 2.24) is 15.1 Å². The average Bonchev–Trinajstić information content (AvgIpc) is 2.24. The van der Waals surface area contributed by atoms with Crippen molar-refractivity contribution in [3.8, 4) is 12.3 Å². The average molecular weight is 209 g/mol. The Kier molecular flexibility index (Phi) is 5.10. The summed E-state index contributed by atoms with van der Waals surface area (Å²) >= 11 is 0. The molecule has 1 rings (SSSR count). The van der Waals surface area contributed by atoms with Gasteiger partial charge in [0.25, 0.3) is 0 Å². The second-order valence-electron chi connectivity index (χ2n) is 4.41. The molecule has 2 unspecified atom stereocenters. The molecular formula is C12H23N3. The lowest BCUT2D eigenvalue weighted by molar-refractivity contribution is 0.100. The Balaban J connectivity index is 2.53. The summed E-state index contributed by atoms with van der Waals surface area (Å²) in [7, 11) is 4.32. The molecule has 1 saturated heterocycles. The standard InChI is InChI=1S/C12H23N3/c1-5-7-13-11(6-2)12-10-14(3)8-9-15(12)4/h2,11-13H,5,7-10H2,1,3-4H3. The van der Waals surface area contributed by atoms with Crippen LogP contribution in [-0.4, -0.2) is 62.2 Å². The zero-order valence-corrected chi connectivity index (χ0v) is 10.2. The number of terminal acetylenes is 1. The van der Waals surface area contributed by atoms with Gasteiger partial charge in [0.2, 0.25) is 0 Å². The van der Waals surface area contributed by atoms with E-state index in [0.717, 1.165) is 32.6 Å². The molecule has 3 heteroatoms. The van der Waals surface area contributed by atoms with Crippen LogP contribution in [0, 0.1) is 12.3 Å². The molecule has 1 aliphatic rings. The van der Waals surface area contributed by atoms with Crippen LogP contribution in [0.5, 0.6) is 0 Å². The Morgan fingerprint density at radius 2 is 2.20 bits per heavy atom. The van der Waals surface area contributed by atoms with E-state index in [1.807, 2.05) is 0 Å². The largest absolute Gasteiger partial charge is 0.303 e. The Hall–Kier alpha value is -0.560. The van der Waals surface area contributed by atoms with Gasteiger partial charge >= 0.3 is 0 Å². The fraction of sp³-hybridized carbons (Fsp3) is 0.833. The molecule has 1 aliphatic heterocycles. The van der Waals surface area contributed by atoms with E-state index in [2.05, 4.69) is 42.1 Å². The van der Waals surface area contributed by atoms with E-state index in [4.69, 9.17) is 6.42 Å². The van der Waals surface area contributed by atoms with Crippen LogP contribution in [0.1, 0.15) is 13.3 Å². The molecule has 2 atom stereocenters. The molecule has 1 fully saturated rings. The van der Waals surface area contributed by atoms with Gasteiger partial charge in [-0.2, -0.15) is 0 Å². The van der Waals surface area contributed by atoms with Crippen LogP contribution in [0.4, 0.5) is 0 Å². The number of likely N-dealkylation sites (N-methyl/N-ethyl adjacent to an activating group) is 2. The van der Waals surface area contributed by atoms with E-state index in [1.165, 1.54) is 0 Å². The topological polar surface area (TPSA) is 18.5 Å². The van der Waals surface area contributed by atoms with Crippen molar-refractivity contribution >= 4 is 0 Å². The predicted octanol–water partition coefficient (Wildman–Crippen LogP) is 0.234. The van der Waals surface area contributed by atoms with Gasteiger partial charge in [0.05, 0.1) is 6.04 Å². The quantitative estimate of drug-likeness (QED) is 0.669. The third kappa shape index (κ3) is 3.49. The molecule has 3 nitrogen and oxygen atoms in total. The van der Waals surface area contributed by atoms with Gasteiger partial charge in [-0.25, -0.2) is 0 Å². The first-order chi connectivity index (χ1) is 7.19. The molecular weight excluding hydrogens is 186 g/mol. The first-order valence-corrected chi connectivity index (χ1v) is 5.77. The summed E-state index contributed by atoms with van der Waals surface area (Å²) in [5.41, 5.74) is 0. The summed E-state index contributed by atoms with van der Waals surface area (Å²) < 4.78 is 0. The van der Waals surface area contributed by atoms with Crippen molar-refractivity contribution in [3.63, 3.8) is 0 Å². The zero-order valence-electron chi connectivity index (χ0n) is 10.2. The van der Waals surface area contributed by atoms with E-state index in [9.17, 15) is 0 Å². The van der Waals surface area contributed by atoms with Gasteiger partial charge in [0.1, 0.15) is 0 Å². The SMILES string of the molecule is C#CC(NCCC)C1CN(C)CCN1C. The molecule has 0 aromatic heterocycles. The van der Waals surface area contributed by atoms with Crippen molar-refractivity contribution in [3.05, 3.63) is 0 Å². The molecule has 0 bridgehead atoms. The summed E-state index contributed by atoms with van der Waals surface area (Å²) in [5, 5.41) is 3.44. The van der Waals surface area contributed by atoms with Crippen LogP contribution in [0.3, 0.4) is 0 Å². The molecule has 1 heterocycles. The number of nitrogens with one attached hydrogen (secondary N) is 1. The van der Waals surface area contributed by atoms with E-state index < -0.39 is 0 Å². The van der Waals surface area contributed by atoms with E-state index >= 15 is 0 Å². The predicted molar refractivity (Wildman–Crippen MR) is 64.8 cm³/mol. The first kappa shape index (κ1) is 12.5. The van der Waals surface area contributed by atoms with Gasteiger partial charge in [0.15, 0.2) is 0 Å². The number of rotatable bonds is 4. The van der Waals surface area contributed by atoms with Crippen LogP contribution >= 0.6 is 0 Å². The number of piperazine rings is 1. The second-order valence-corrected chi connectivity index (χ2v) is 4.41. The van der Waals surface area contributed by atoms with Gasteiger partial charge in [-0.15, -0.1) is 6.42 Å². The highest BCUT2D eigenvalue weighted by Gasteiger charge is 2.28. The summed E-state index contributed by atoms with van der Waals surface area (Å²) in [4.78, 5) is 4.72. The number of nitrogens with zero attached hydrogens (tertiary/aromatic N) is 2. The zero-order chi connectivity index (χ0) is 11.3. The normalized spacial score (nSPS) is 26.1. The van der Waals surface area contributed by atoms with Crippen molar-refractivity contribution < 1.29 is 0 Å². The van der Waals surface area contributed by atoms with Crippen LogP contribution in [-0.2, 0) is 0 Å². The summed E-state index contributed by atoms with van der Waals surface area (Å²) in [6.45, 7) is 6.47. The van der Waals surface area contributed by atoms with E-state index in [1.54, 1.807) is 0 Å². The number of hydrogen-bond acceptors (Lipinski definition) is 3. The Bertz CT molecular complexity index is 221. The summed E-state index contributed by atoms with van der Waals surface area (Å²) in [5.74, 6) is 2.88. The van der Waals surface area contributed by atoms with Crippen molar-refractivity contribution in [2.45, 2.75) is 25.4 Å². The van der Waals surface area contributed by atoms with Gasteiger partial charge in [-0.05, 0) is 27.1 Å². The lowest BCUT2D eigenvalue weighted by atomic mass is 10.0. The molecule has 0 spiro atoms. The second kappa shape index (κ2) is 6.12. The molecule has 0 aromatic carbocycles. The molecule has 15 heavy (non-hydrogen) atoms. The van der Waals surface area contributed by atoms with E-state index in [-0.39, 0.29) is 6.04 Å². The van der Waals surface area contributed by atoms with Crippen molar-refractivity contribution in [2.24, 2.45) is 0 Å². The maximum Gasteiger partial charge on any atom is 0.0856 e. The van der Waals surface area contributed by atoms with Crippen LogP contribution in [0.2, 0.25) is 0 Å². The fourth-order valence-electron chi connectivity index (χ4n) is 2.01. The highest BCUT2D eigenvalue weighted by Crippen LogP contribution is 2.09. The van der Waals surface area contributed by atoms with Crippen molar-refractivity contribution in [2.75, 3.05) is 40.3 Å². The van der Waals surface area contributed by atoms with Crippen molar-refractivity contribution in [1.29, 1.82) is 0 Å². The molecule has 0 saturated carbocycles. The smallest absolute Gasteiger partial charge is 0.0856 e. The van der Waals surface area contributed by atoms with Gasteiger partial charge in [-0.3, -0.25) is 4.90 Å². The van der Waals surface area contributed by atoms with Gasteiger partial charge in [-0.1, -0.05) is 12.8 Å². The highest BCUT2D eigenvalue weighted by atomic mass is 15.3. The van der Waals surface area contributed by atoms with Crippen LogP contribution < -0.4 is 5.32 Å². The minimum Gasteiger partial charge on any atom is -0.303 e. The maximum atomic E-state index is 5.59. The Morgan fingerprint density at radius 1 is 1.47 bits per heavy atom. The minimum atomic E-state index is 0.178. The first-order valence-electron chi connectivity index (χ1n) is 5.77. The highest BCUT2D eigenvalue weighted by molar-refractivity contribution is 5.07. The molecule has 1 N–H and O–H groups in total. The molecule has 0 amide bonds. The third-order valence-electron chi connectivity index (χ3n) is 3.08. The Morgan fingerprint density at radius 3 is 2.80 bits per heavy atom. The lowest BCUT2D eigenvalue weighted by Gasteiger charge is -2.40. The van der Waals surface area contributed by atoms with E-state index in [0.29, 0.717) is 6.04 Å². The molecule has 0 radical (unpaired) electrons. The van der Waals surface area contributed by atoms with Crippen LogP contribution in [0.25, 0.3) is 0 Å². The molecule has 86 valence electrons. The minimum absolute atomic E-state index is 0.178. The fourth-order valence-corrected chi connectivity index (χ4v) is 2.01. The Labute approximate surface area is 93.8 Å². The van der Waals surface area contributed by atoms with Crippen LogP contribution in [0.15, 0.2) is 0 Å². The summed E-state index contributed by atoms with van der Waals surface area (Å²) in [6, 6.07) is 0.623. The van der Waals surface area contributed by atoms with Gasteiger partial charge in [0, 0.05) is 25.7 Å². The monoisotopic (exact) mass is 209 g/mol. The third-order valence-corrected chi connectivity index (χ3v) is 3.08. The molecule has 0 aliphatic carbocycles. The van der Waals surface area contributed by atoms with Gasteiger partial charge < -0.3 is 10.2 Å². The number of hydrogen-bond donors (Lipinski definition) is 1. The molecule has 0 aromatic rings. The maximum absolute atomic E-state index is 5.59. The lowest BCUT2D eigenvalue weighted by Crippen LogP contribution is -2.58. The summed E-state index contributed by atoms with van der Waals surface area (Å²) in [6.07, 6.45) is 6.72.